The first kappa shape index (κ1) is 11.6. The second-order valence-corrected chi connectivity index (χ2v) is 4.73. The number of hydrogen-bond acceptors (Lipinski definition) is 3. The molecule has 1 aromatic heterocycles. The van der Waals surface area contributed by atoms with Crippen molar-refractivity contribution in [3.05, 3.63) is 18.2 Å². The van der Waals surface area contributed by atoms with Crippen LogP contribution in [-0.2, 0) is 6.54 Å². The Kier molecular flexibility index (Phi) is 4.48. The third kappa shape index (κ3) is 3.03. The van der Waals surface area contributed by atoms with E-state index in [1.165, 1.54) is 5.75 Å². The first-order chi connectivity index (χ1) is 6.65. The van der Waals surface area contributed by atoms with Crippen LogP contribution in [-0.4, -0.2) is 21.6 Å². The smallest absolute Gasteiger partial charge is 0.0948 e. The molecule has 0 aliphatic rings. The summed E-state index contributed by atoms with van der Waals surface area (Å²) in [5, 5.41) is 0. The summed E-state index contributed by atoms with van der Waals surface area (Å²) in [5.74, 6) is 1.84. The lowest BCUT2D eigenvalue weighted by Crippen LogP contribution is -2.16. The van der Waals surface area contributed by atoms with Crippen molar-refractivity contribution in [1.29, 1.82) is 0 Å². The fourth-order valence-corrected chi connectivity index (χ4v) is 2.21. The predicted octanol–water partition coefficient (Wildman–Crippen LogP) is 1.90. The lowest BCUT2D eigenvalue weighted by molar-refractivity contribution is 0.506. The van der Waals surface area contributed by atoms with Gasteiger partial charge in [0.05, 0.1) is 12.0 Å². The van der Waals surface area contributed by atoms with Crippen molar-refractivity contribution in [2.45, 2.75) is 26.4 Å². The summed E-state index contributed by atoms with van der Waals surface area (Å²) in [6.45, 7) is 5.26. The highest BCUT2D eigenvalue weighted by Gasteiger charge is 2.09. The van der Waals surface area contributed by atoms with Crippen LogP contribution in [0.1, 0.15) is 25.6 Å². The number of hydrogen-bond donors (Lipinski definition) is 1. The summed E-state index contributed by atoms with van der Waals surface area (Å²) < 4.78 is 2.16. The van der Waals surface area contributed by atoms with Crippen LogP contribution in [0.3, 0.4) is 0 Å². The van der Waals surface area contributed by atoms with Gasteiger partial charge in [-0.05, 0) is 24.9 Å². The maximum absolute atomic E-state index is 5.84. The first-order valence-corrected chi connectivity index (χ1v) is 6.29. The minimum absolute atomic E-state index is 0.0685. The van der Waals surface area contributed by atoms with E-state index < -0.39 is 0 Å². The van der Waals surface area contributed by atoms with Crippen LogP contribution in [0.4, 0.5) is 0 Å². The van der Waals surface area contributed by atoms with E-state index in [2.05, 4.69) is 22.7 Å². The quantitative estimate of drug-likeness (QED) is 0.812. The average Bonchev–Trinajstić information content (AvgIpc) is 2.52. The molecule has 1 unspecified atom stereocenters. The van der Waals surface area contributed by atoms with Gasteiger partial charge in [-0.25, -0.2) is 4.98 Å². The summed E-state index contributed by atoms with van der Waals surface area (Å²) in [6.07, 6.45) is 5.86. The summed E-state index contributed by atoms with van der Waals surface area (Å²) in [4.78, 5) is 4.13. The van der Waals surface area contributed by atoms with Crippen molar-refractivity contribution in [3.63, 3.8) is 0 Å². The molecule has 4 heteroatoms. The van der Waals surface area contributed by atoms with Gasteiger partial charge in [0, 0.05) is 18.8 Å². The molecular formula is C10H19N3S. The van der Waals surface area contributed by atoms with Gasteiger partial charge in [0.15, 0.2) is 0 Å². The van der Waals surface area contributed by atoms with E-state index in [-0.39, 0.29) is 6.04 Å². The molecule has 0 fully saturated rings. The number of nitrogens with zero attached hydrogens (tertiary/aromatic N) is 2. The maximum atomic E-state index is 5.84. The Balaban J connectivity index is 2.61. The van der Waals surface area contributed by atoms with Gasteiger partial charge in [0.25, 0.3) is 0 Å². The molecule has 1 rings (SSSR count). The van der Waals surface area contributed by atoms with E-state index in [0.717, 1.165) is 12.2 Å². The second-order valence-electron chi connectivity index (χ2n) is 3.82. The van der Waals surface area contributed by atoms with Gasteiger partial charge in [-0.15, -0.1) is 0 Å². The zero-order chi connectivity index (χ0) is 10.6. The van der Waals surface area contributed by atoms with Gasteiger partial charge < -0.3 is 10.3 Å². The first-order valence-electron chi connectivity index (χ1n) is 4.89. The van der Waals surface area contributed by atoms with Crippen molar-refractivity contribution in [2.24, 2.45) is 11.7 Å². The van der Waals surface area contributed by atoms with Gasteiger partial charge in [-0.1, -0.05) is 6.92 Å². The van der Waals surface area contributed by atoms with Crippen LogP contribution >= 0.6 is 11.8 Å². The molecule has 1 heterocycles. The van der Waals surface area contributed by atoms with Crippen molar-refractivity contribution in [3.8, 4) is 0 Å². The Morgan fingerprint density at radius 1 is 1.57 bits per heavy atom. The molecule has 0 amide bonds. The SMILES string of the molecule is CSCC(C)Cn1cncc1[C@@H](C)N. The normalized spacial score (nSPS) is 15.4. The zero-order valence-corrected chi connectivity index (χ0v) is 9.92. The van der Waals surface area contributed by atoms with Crippen molar-refractivity contribution in [1.82, 2.24) is 9.55 Å². The van der Waals surface area contributed by atoms with Gasteiger partial charge in [-0.2, -0.15) is 11.8 Å². The fourth-order valence-electron chi connectivity index (χ4n) is 1.54. The van der Waals surface area contributed by atoms with Crippen LogP contribution in [0.15, 0.2) is 12.5 Å². The molecule has 0 aliphatic carbocycles. The minimum atomic E-state index is 0.0685. The lowest BCUT2D eigenvalue weighted by Gasteiger charge is -2.15. The molecule has 0 saturated heterocycles. The molecule has 0 spiro atoms. The number of aromatic nitrogens is 2. The monoisotopic (exact) mass is 213 g/mol. The van der Waals surface area contributed by atoms with E-state index in [1.54, 1.807) is 0 Å². The summed E-state index contributed by atoms with van der Waals surface area (Å²) in [5.41, 5.74) is 6.97. The van der Waals surface area contributed by atoms with E-state index in [1.807, 2.05) is 31.2 Å². The minimum Gasteiger partial charge on any atom is -0.333 e. The average molecular weight is 213 g/mol. The molecule has 0 aromatic carbocycles. The van der Waals surface area contributed by atoms with E-state index in [9.17, 15) is 0 Å². The Bertz CT molecular complexity index is 270. The molecular weight excluding hydrogens is 194 g/mol. The van der Waals surface area contributed by atoms with Crippen molar-refractivity contribution >= 4 is 11.8 Å². The largest absolute Gasteiger partial charge is 0.333 e. The van der Waals surface area contributed by atoms with Gasteiger partial charge >= 0.3 is 0 Å². The number of nitrogens with two attached hydrogens (primary N) is 1. The molecule has 80 valence electrons. The van der Waals surface area contributed by atoms with E-state index in [0.29, 0.717) is 5.92 Å². The highest BCUT2D eigenvalue weighted by Crippen LogP contribution is 2.13. The summed E-state index contributed by atoms with van der Waals surface area (Å²) in [7, 11) is 0. The highest BCUT2D eigenvalue weighted by molar-refractivity contribution is 7.98. The maximum Gasteiger partial charge on any atom is 0.0948 e. The van der Waals surface area contributed by atoms with Crippen molar-refractivity contribution in [2.75, 3.05) is 12.0 Å². The Hall–Kier alpha value is -0.480. The number of thioether (sulfide) groups is 1. The molecule has 0 aliphatic heterocycles. The van der Waals surface area contributed by atoms with Crippen molar-refractivity contribution < 1.29 is 0 Å². The van der Waals surface area contributed by atoms with Gasteiger partial charge in [0.1, 0.15) is 0 Å². The fraction of sp³-hybridized carbons (Fsp3) is 0.700. The second kappa shape index (κ2) is 5.41. The Morgan fingerprint density at radius 2 is 2.29 bits per heavy atom. The molecule has 0 saturated carbocycles. The molecule has 2 atom stereocenters. The molecule has 14 heavy (non-hydrogen) atoms. The Morgan fingerprint density at radius 3 is 2.86 bits per heavy atom. The van der Waals surface area contributed by atoms with Crippen LogP contribution in [0.5, 0.6) is 0 Å². The number of imidazole rings is 1. The zero-order valence-electron chi connectivity index (χ0n) is 9.10. The standard InChI is InChI=1S/C10H19N3S/c1-8(6-14-3)5-13-7-12-4-10(13)9(2)11/h4,7-9H,5-6,11H2,1-3H3/t8?,9-/m1/s1. The van der Waals surface area contributed by atoms with Crippen LogP contribution in [0.2, 0.25) is 0 Å². The molecule has 0 bridgehead atoms. The van der Waals surface area contributed by atoms with Gasteiger partial charge in [0.2, 0.25) is 0 Å². The Labute approximate surface area is 90.1 Å². The third-order valence-corrected chi connectivity index (χ3v) is 3.07. The highest BCUT2D eigenvalue weighted by atomic mass is 32.2. The van der Waals surface area contributed by atoms with E-state index in [4.69, 9.17) is 5.73 Å². The molecule has 3 nitrogen and oxygen atoms in total. The van der Waals surface area contributed by atoms with Gasteiger partial charge in [-0.3, -0.25) is 0 Å². The molecule has 2 N–H and O–H groups in total. The molecule has 1 aromatic rings. The lowest BCUT2D eigenvalue weighted by atomic mass is 10.2. The van der Waals surface area contributed by atoms with Crippen LogP contribution < -0.4 is 5.73 Å². The summed E-state index contributed by atoms with van der Waals surface area (Å²) in [6, 6.07) is 0.0685. The third-order valence-electron chi connectivity index (χ3n) is 2.17. The summed E-state index contributed by atoms with van der Waals surface area (Å²) >= 11 is 1.88. The van der Waals surface area contributed by atoms with Crippen LogP contribution in [0, 0.1) is 5.92 Å². The molecule has 0 radical (unpaired) electrons. The van der Waals surface area contributed by atoms with Crippen LogP contribution in [0.25, 0.3) is 0 Å². The predicted molar refractivity (Wildman–Crippen MR) is 62.4 cm³/mol. The number of rotatable bonds is 5. The van der Waals surface area contributed by atoms with E-state index >= 15 is 0 Å². The topological polar surface area (TPSA) is 43.8 Å².